The van der Waals surface area contributed by atoms with Crippen LogP contribution in [0, 0.1) is 6.92 Å². The molecule has 7 heteroatoms. The molecule has 0 unspecified atom stereocenters. The summed E-state index contributed by atoms with van der Waals surface area (Å²) in [5.74, 6) is 0. The summed E-state index contributed by atoms with van der Waals surface area (Å²) in [5.41, 5.74) is 0.836. The first-order valence-electron chi connectivity index (χ1n) is 7.20. The van der Waals surface area contributed by atoms with E-state index < -0.39 is 10.0 Å². The van der Waals surface area contributed by atoms with Gasteiger partial charge in [-0.25, -0.2) is 13.1 Å². The quantitative estimate of drug-likeness (QED) is 0.795. The van der Waals surface area contributed by atoms with Crippen LogP contribution in [0.3, 0.4) is 0 Å². The molecule has 0 saturated heterocycles. The first kappa shape index (κ1) is 17.3. The smallest absolute Gasteiger partial charge is 0.242 e. The molecule has 0 amide bonds. The zero-order chi connectivity index (χ0) is 15.5. The van der Waals surface area contributed by atoms with Crippen LogP contribution in [-0.2, 0) is 16.6 Å². The average molecular weight is 349 g/mol. The van der Waals surface area contributed by atoms with Gasteiger partial charge in [0.15, 0.2) is 0 Å². The standard InChI is InChI=1S/C14H24N2O2S3/c1-11-9-20-12(8-15-2)13(11)21(17,18)16-10-14(19-3)6-4-5-7-14/h9,15-16H,4-8,10H2,1-3H3. The third kappa shape index (κ3) is 3.82. The fourth-order valence-electron chi connectivity index (χ4n) is 2.90. The fourth-order valence-corrected chi connectivity index (χ4v) is 6.85. The average Bonchev–Trinajstić information content (AvgIpc) is 3.05. The number of hydrogen-bond acceptors (Lipinski definition) is 5. The Labute approximate surface area is 136 Å². The predicted molar refractivity (Wildman–Crippen MR) is 91.7 cm³/mol. The monoisotopic (exact) mass is 348 g/mol. The number of hydrogen-bond donors (Lipinski definition) is 2. The van der Waals surface area contributed by atoms with Crippen molar-refractivity contribution >= 4 is 33.1 Å². The minimum Gasteiger partial charge on any atom is -0.315 e. The van der Waals surface area contributed by atoms with Crippen molar-refractivity contribution in [3.05, 3.63) is 15.8 Å². The Balaban J connectivity index is 2.17. The predicted octanol–water partition coefficient (Wildman–Crippen LogP) is 2.73. The topological polar surface area (TPSA) is 58.2 Å². The summed E-state index contributed by atoms with van der Waals surface area (Å²) in [4.78, 5) is 1.35. The molecular weight excluding hydrogens is 324 g/mol. The summed E-state index contributed by atoms with van der Waals surface area (Å²) in [6, 6.07) is 0. The highest BCUT2D eigenvalue weighted by Gasteiger charge is 2.35. The van der Waals surface area contributed by atoms with Gasteiger partial charge in [0.25, 0.3) is 0 Å². The second kappa shape index (κ2) is 7.00. The van der Waals surface area contributed by atoms with Gasteiger partial charge in [-0.15, -0.1) is 11.3 Å². The lowest BCUT2D eigenvalue weighted by molar-refractivity contribution is 0.550. The molecule has 1 heterocycles. The normalized spacial score (nSPS) is 18.2. The van der Waals surface area contributed by atoms with Crippen LogP contribution in [0.2, 0.25) is 0 Å². The maximum absolute atomic E-state index is 12.7. The van der Waals surface area contributed by atoms with E-state index in [1.807, 2.05) is 19.4 Å². The van der Waals surface area contributed by atoms with Crippen molar-refractivity contribution in [2.75, 3.05) is 19.8 Å². The zero-order valence-electron chi connectivity index (χ0n) is 12.9. The first-order valence-corrected chi connectivity index (χ1v) is 10.8. The Kier molecular flexibility index (Phi) is 5.76. The lowest BCUT2D eigenvalue weighted by Crippen LogP contribution is -2.38. The minimum absolute atomic E-state index is 0.0835. The summed E-state index contributed by atoms with van der Waals surface area (Å²) in [7, 11) is -1.60. The van der Waals surface area contributed by atoms with Crippen molar-refractivity contribution in [2.24, 2.45) is 0 Å². The number of aryl methyl sites for hydroxylation is 1. The maximum atomic E-state index is 12.7. The van der Waals surface area contributed by atoms with Gasteiger partial charge in [0.05, 0.1) is 0 Å². The van der Waals surface area contributed by atoms with Gasteiger partial charge in [-0.3, -0.25) is 0 Å². The van der Waals surface area contributed by atoms with E-state index >= 15 is 0 Å². The van der Waals surface area contributed by atoms with Gasteiger partial charge < -0.3 is 5.32 Å². The van der Waals surface area contributed by atoms with E-state index in [2.05, 4.69) is 16.3 Å². The van der Waals surface area contributed by atoms with Crippen LogP contribution < -0.4 is 10.0 Å². The van der Waals surface area contributed by atoms with Gasteiger partial charge in [0, 0.05) is 22.7 Å². The maximum Gasteiger partial charge on any atom is 0.242 e. The van der Waals surface area contributed by atoms with Crippen LogP contribution >= 0.6 is 23.1 Å². The molecule has 0 aliphatic heterocycles. The summed E-state index contributed by atoms with van der Waals surface area (Å²) >= 11 is 3.30. The third-order valence-corrected chi connectivity index (χ3v) is 8.41. The van der Waals surface area contributed by atoms with Crippen LogP contribution in [0.4, 0.5) is 0 Å². The Morgan fingerprint density at radius 3 is 2.62 bits per heavy atom. The van der Waals surface area contributed by atoms with Crippen molar-refractivity contribution < 1.29 is 8.42 Å². The van der Waals surface area contributed by atoms with Crippen molar-refractivity contribution in [1.82, 2.24) is 10.0 Å². The van der Waals surface area contributed by atoms with Gasteiger partial charge in [0.1, 0.15) is 4.90 Å². The van der Waals surface area contributed by atoms with Gasteiger partial charge in [-0.1, -0.05) is 12.8 Å². The number of sulfonamides is 1. The molecule has 0 spiro atoms. The molecule has 1 aliphatic carbocycles. The second-order valence-corrected chi connectivity index (χ2v) is 9.56. The van der Waals surface area contributed by atoms with E-state index in [1.165, 1.54) is 24.2 Å². The van der Waals surface area contributed by atoms with E-state index in [-0.39, 0.29) is 4.75 Å². The summed E-state index contributed by atoms with van der Waals surface area (Å²) in [6.07, 6.45) is 6.68. The highest BCUT2D eigenvalue weighted by Crippen LogP contribution is 2.40. The molecule has 120 valence electrons. The van der Waals surface area contributed by atoms with Gasteiger partial charge in [-0.2, -0.15) is 11.8 Å². The van der Waals surface area contributed by atoms with Crippen molar-refractivity contribution in [3.63, 3.8) is 0 Å². The van der Waals surface area contributed by atoms with E-state index in [9.17, 15) is 8.42 Å². The summed E-state index contributed by atoms with van der Waals surface area (Å²) in [6.45, 7) is 2.98. The number of rotatable bonds is 7. The van der Waals surface area contributed by atoms with Crippen molar-refractivity contribution in [1.29, 1.82) is 0 Å². The SMILES string of the molecule is CNCc1scc(C)c1S(=O)(=O)NCC1(SC)CCCC1. The molecule has 1 aromatic heterocycles. The first-order chi connectivity index (χ1) is 9.94. The van der Waals surface area contributed by atoms with Crippen LogP contribution in [0.5, 0.6) is 0 Å². The molecule has 0 radical (unpaired) electrons. The number of thioether (sulfide) groups is 1. The Morgan fingerprint density at radius 2 is 2.05 bits per heavy atom. The van der Waals surface area contributed by atoms with Crippen LogP contribution in [-0.4, -0.2) is 33.0 Å². The largest absolute Gasteiger partial charge is 0.315 e. The Morgan fingerprint density at radius 1 is 1.38 bits per heavy atom. The molecule has 2 N–H and O–H groups in total. The third-order valence-electron chi connectivity index (χ3n) is 4.13. The molecule has 1 aliphatic rings. The molecular formula is C14H24N2O2S3. The molecule has 21 heavy (non-hydrogen) atoms. The molecule has 0 atom stereocenters. The highest BCUT2D eigenvalue weighted by atomic mass is 32.2. The molecule has 1 saturated carbocycles. The van der Waals surface area contributed by atoms with E-state index in [4.69, 9.17) is 0 Å². The van der Waals surface area contributed by atoms with E-state index in [1.54, 1.807) is 11.8 Å². The van der Waals surface area contributed by atoms with Crippen LogP contribution in [0.25, 0.3) is 0 Å². The van der Waals surface area contributed by atoms with Crippen molar-refractivity contribution in [3.8, 4) is 0 Å². The number of thiophene rings is 1. The Bertz CT molecular complexity index is 575. The van der Waals surface area contributed by atoms with Gasteiger partial charge >= 0.3 is 0 Å². The van der Waals surface area contributed by atoms with E-state index in [0.717, 1.165) is 23.3 Å². The highest BCUT2D eigenvalue weighted by molar-refractivity contribution is 8.00. The van der Waals surface area contributed by atoms with Crippen LogP contribution in [0.15, 0.2) is 10.3 Å². The molecule has 1 aromatic rings. The summed E-state index contributed by atoms with van der Waals surface area (Å²) < 4.78 is 28.3. The Hall–Kier alpha value is -0.0800. The number of nitrogens with one attached hydrogen (secondary N) is 2. The van der Waals surface area contributed by atoms with Gasteiger partial charge in [-0.05, 0) is 44.0 Å². The lowest BCUT2D eigenvalue weighted by atomic mass is 10.1. The lowest BCUT2D eigenvalue weighted by Gasteiger charge is -2.27. The van der Waals surface area contributed by atoms with E-state index in [0.29, 0.717) is 18.0 Å². The van der Waals surface area contributed by atoms with Crippen molar-refractivity contribution in [2.45, 2.75) is 48.8 Å². The molecule has 1 fully saturated rings. The fraction of sp³-hybridized carbons (Fsp3) is 0.714. The molecule has 0 bridgehead atoms. The summed E-state index contributed by atoms with van der Waals surface area (Å²) in [5, 5.41) is 4.96. The molecule has 2 rings (SSSR count). The van der Waals surface area contributed by atoms with Gasteiger partial charge in [0.2, 0.25) is 10.0 Å². The molecule has 4 nitrogen and oxygen atoms in total. The van der Waals surface area contributed by atoms with Crippen LogP contribution in [0.1, 0.15) is 36.1 Å². The second-order valence-electron chi connectivity index (χ2n) is 5.62. The minimum atomic E-state index is -3.43. The zero-order valence-corrected chi connectivity index (χ0v) is 15.3. The molecule has 0 aromatic carbocycles.